The summed E-state index contributed by atoms with van der Waals surface area (Å²) in [5.74, 6) is 0. The Morgan fingerprint density at radius 2 is 1.14 bits per heavy atom. The summed E-state index contributed by atoms with van der Waals surface area (Å²) >= 11 is 3.50. The molecule has 0 saturated carbocycles. The van der Waals surface area contributed by atoms with Crippen molar-refractivity contribution < 1.29 is 0 Å². The third-order valence-corrected chi connectivity index (χ3v) is 4.36. The maximum atomic E-state index is 3.50. The number of unbranched alkanes of at least 4 members (excludes halogenated alkanes) is 9. The highest BCUT2D eigenvalue weighted by Crippen LogP contribution is 2.21. The minimum absolute atomic E-state index is 0.982. The Bertz CT molecular complexity index is 84.3. The Kier molecular flexibility index (Phi) is 14.8. The molecule has 0 N–H and O–H groups in total. The highest BCUT2D eigenvalue weighted by molar-refractivity contribution is 9.36. The maximum absolute atomic E-state index is 3.50. The van der Waals surface area contributed by atoms with Crippen LogP contribution in [0.3, 0.4) is 0 Å². The summed E-state index contributed by atoms with van der Waals surface area (Å²) < 4.78 is 0. The zero-order valence-electron chi connectivity index (χ0n) is 9.66. The Labute approximate surface area is 100 Å². The zero-order valence-corrected chi connectivity index (χ0v) is 12.2. The van der Waals surface area contributed by atoms with Gasteiger partial charge in [-0.1, -0.05) is 87.5 Å². The molecule has 0 heterocycles. The summed E-state index contributed by atoms with van der Waals surface area (Å²) in [6, 6.07) is 0. The van der Waals surface area contributed by atoms with Crippen LogP contribution in [0.4, 0.5) is 0 Å². The van der Waals surface area contributed by atoms with Crippen LogP contribution in [0, 0.1) is 0 Å². The summed E-state index contributed by atoms with van der Waals surface area (Å²) in [5.41, 5.74) is 0. The highest BCUT2D eigenvalue weighted by atomic mass is 79.9. The summed E-state index contributed by atoms with van der Waals surface area (Å²) in [4.78, 5) is 0. The molecule has 0 fully saturated rings. The lowest BCUT2D eigenvalue weighted by molar-refractivity contribution is 0.563. The van der Waals surface area contributed by atoms with E-state index in [1.54, 1.807) is 0 Å². The first-order chi connectivity index (χ1) is 6.91. The van der Waals surface area contributed by atoms with Crippen LogP contribution in [0.15, 0.2) is 0 Å². The molecule has 0 bridgehead atoms. The van der Waals surface area contributed by atoms with Gasteiger partial charge in [0, 0.05) is 0 Å². The molecule has 1 unspecified atom stereocenters. The molecule has 0 spiro atoms. The zero-order chi connectivity index (χ0) is 10.5. The van der Waals surface area contributed by atoms with Gasteiger partial charge in [0.05, 0.1) is 0 Å². The van der Waals surface area contributed by atoms with Crippen LogP contribution in [-0.4, -0.2) is 6.16 Å². The Hall–Kier alpha value is 0.910. The average molecular weight is 281 g/mol. The van der Waals surface area contributed by atoms with Crippen molar-refractivity contribution in [2.24, 2.45) is 0 Å². The van der Waals surface area contributed by atoms with Crippen LogP contribution in [0.5, 0.6) is 0 Å². The molecular formula is C12H26BrP. The first-order valence-corrected chi connectivity index (χ1v) is 9.71. The SMILES string of the molecule is CCCCCCCCCCCCPBr. The molecular weight excluding hydrogens is 255 g/mol. The lowest BCUT2D eigenvalue weighted by Crippen LogP contribution is -1.82. The van der Waals surface area contributed by atoms with Crippen LogP contribution >= 0.6 is 22.8 Å². The van der Waals surface area contributed by atoms with Gasteiger partial charge in [0.15, 0.2) is 0 Å². The van der Waals surface area contributed by atoms with Crippen molar-refractivity contribution in [3.05, 3.63) is 0 Å². The second-order valence-electron chi connectivity index (χ2n) is 4.07. The van der Waals surface area contributed by atoms with Crippen molar-refractivity contribution >= 4 is 22.8 Å². The first-order valence-electron chi connectivity index (χ1n) is 6.25. The summed E-state index contributed by atoms with van der Waals surface area (Å²) in [5, 5.41) is 0. The quantitative estimate of drug-likeness (QED) is 0.327. The van der Waals surface area contributed by atoms with Crippen molar-refractivity contribution in [3.63, 3.8) is 0 Å². The molecule has 0 aromatic rings. The van der Waals surface area contributed by atoms with E-state index < -0.39 is 0 Å². The van der Waals surface area contributed by atoms with Crippen LogP contribution < -0.4 is 0 Å². The van der Waals surface area contributed by atoms with Crippen LogP contribution in [-0.2, 0) is 0 Å². The van der Waals surface area contributed by atoms with Gasteiger partial charge < -0.3 is 0 Å². The highest BCUT2D eigenvalue weighted by Gasteiger charge is 1.91. The summed E-state index contributed by atoms with van der Waals surface area (Å²) in [6.07, 6.45) is 15.9. The van der Waals surface area contributed by atoms with Crippen molar-refractivity contribution in [2.75, 3.05) is 6.16 Å². The fourth-order valence-electron chi connectivity index (χ4n) is 1.68. The summed E-state index contributed by atoms with van der Waals surface area (Å²) in [6.45, 7) is 2.28. The molecule has 86 valence electrons. The van der Waals surface area contributed by atoms with Crippen LogP contribution in [0.25, 0.3) is 0 Å². The lowest BCUT2D eigenvalue weighted by atomic mass is 10.1. The van der Waals surface area contributed by atoms with Crippen molar-refractivity contribution in [2.45, 2.75) is 71.1 Å². The molecule has 2 heteroatoms. The van der Waals surface area contributed by atoms with Gasteiger partial charge in [-0.05, 0) is 12.6 Å². The van der Waals surface area contributed by atoms with E-state index in [9.17, 15) is 0 Å². The van der Waals surface area contributed by atoms with E-state index in [1.807, 2.05) is 0 Å². The molecule has 14 heavy (non-hydrogen) atoms. The first kappa shape index (κ1) is 14.9. The predicted molar refractivity (Wildman–Crippen MR) is 74.0 cm³/mol. The van der Waals surface area contributed by atoms with Gasteiger partial charge in [0.25, 0.3) is 0 Å². The summed E-state index contributed by atoms with van der Waals surface area (Å²) in [7, 11) is 0.982. The van der Waals surface area contributed by atoms with Crippen molar-refractivity contribution in [1.82, 2.24) is 0 Å². The molecule has 0 aliphatic heterocycles. The number of hydrogen-bond acceptors (Lipinski definition) is 0. The second-order valence-corrected chi connectivity index (χ2v) is 6.52. The Balaban J connectivity index is 2.78. The molecule has 0 aliphatic rings. The van der Waals surface area contributed by atoms with E-state index in [0.29, 0.717) is 0 Å². The fraction of sp³-hybridized carbons (Fsp3) is 1.00. The van der Waals surface area contributed by atoms with Gasteiger partial charge in [0.2, 0.25) is 0 Å². The van der Waals surface area contributed by atoms with Gasteiger partial charge >= 0.3 is 0 Å². The van der Waals surface area contributed by atoms with Crippen molar-refractivity contribution in [3.8, 4) is 0 Å². The molecule has 0 saturated heterocycles. The maximum Gasteiger partial charge on any atom is -0.0255 e. The molecule has 0 amide bonds. The second kappa shape index (κ2) is 13.9. The lowest BCUT2D eigenvalue weighted by Gasteiger charge is -2.01. The number of hydrogen-bond donors (Lipinski definition) is 0. The largest absolute Gasteiger partial charge is 0.0654 e. The Morgan fingerprint density at radius 1 is 0.714 bits per heavy atom. The van der Waals surface area contributed by atoms with Crippen LogP contribution in [0.2, 0.25) is 0 Å². The van der Waals surface area contributed by atoms with Gasteiger partial charge in [-0.2, -0.15) is 0 Å². The van der Waals surface area contributed by atoms with E-state index in [1.165, 1.54) is 70.4 Å². The van der Waals surface area contributed by atoms with Gasteiger partial charge in [-0.3, -0.25) is 0 Å². The third kappa shape index (κ3) is 12.9. The van der Waals surface area contributed by atoms with Gasteiger partial charge in [-0.15, -0.1) is 0 Å². The molecule has 0 aromatic carbocycles. The minimum Gasteiger partial charge on any atom is -0.0654 e. The topological polar surface area (TPSA) is 0 Å². The van der Waals surface area contributed by atoms with Gasteiger partial charge in [0.1, 0.15) is 0 Å². The van der Waals surface area contributed by atoms with Gasteiger partial charge in [-0.25, -0.2) is 0 Å². The van der Waals surface area contributed by atoms with E-state index >= 15 is 0 Å². The predicted octanol–water partition coefficient (Wildman–Crippen LogP) is 5.90. The number of rotatable bonds is 11. The third-order valence-electron chi connectivity index (χ3n) is 2.62. The molecule has 0 nitrogen and oxygen atoms in total. The number of halogens is 1. The van der Waals surface area contributed by atoms with E-state index in [0.717, 1.165) is 7.28 Å². The monoisotopic (exact) mass is 280 g/mol. The smallest absolute Gasteiger partial charge is 0.0255 e. The van der Waals surface area contributed by atoms with E-state index in [4.69, 9.17) is 0 Å². The molecule has 0 rings (SSSR count). The molecule has 0 aromatic heterocycles. The normalized spacial score (nSPS) is 11.6. The molecule has 0 aliphatic carbocycles. The molecule has 1 atom stereocenters. The standard InChI is InChI=1S/C12H26BrP/c1-2-3-4-5-6-7-8-9-10-11-12-14-13/h14H,2-12H2,1H3. The molecule has 0 radical (unpaired) electrons. The average Bonchev–Trinajstić information content (AvgIpc) is 2.21. The fourth-order valence-corrected chi connectivity index (χ4v) is 2.90. The van der Waals surface area contributed by atoms with Crippen molar-refractivity contribution in [1.29, 1.82) is 0 Å². The minimum atomic E-state index is 0.982. The van der Waals surface area contributed by atoms with E-state index in [-0.39, 0.29) is 0 Å². The van der Waals surface area contributed by atoms with E-state index in [2.05, 4.69) is 22.4 Å². The van der Waals surface area contributed by atoms with Crippen LogP contribution in [0.1, 0.15) is 71.1 Å². The Morgan fingerprint density at radius 3 is 1.57 bits per heavy atom.